The maximum atomic E-state index is 13.7. The van der Waals surface area contributed by atoms with Crippen LogP contribution in [0.3, 0.4) is 0 Å². The van der Waals surface area contributed by atoms with Crippen molar-refractivity contribution >= 4 is 34.8 Å². The van der Waals surface area contributed by atoms with Crippen LogP contribution >= 0.6 is 0 Å². The van der Waals surface area contributed by atoms with Gasteiger partial charge in [0.2, 0.25) is 17.7 Å². The van der Waals surface area contributed by atoms with Crippen LogP contribution in [0.4, 0.5) is 25.8 Å². The highest BCUT2D eigenvalue weighted by Gasteiger charge is 2.37. The fraction of sp³-hybridized carbons (Fsp3) is 0.211. The van der Waals surface area contributed by atoms with Crippen LogP contribution in [0.25, 0.3) is 0 Å². The highest BCUT2D eigenvalue weighted by Crippen LogP contribution is 2.25. The Hall–Kier alpha value is -3.29. The molecule has 0 atom stereocenters. The summed E-state index contributed by atoms with van der Waals surface area (Å²) in [6.45, 7) is 4.00. The predicted molar refractivity (Wildman–Crippen MR) is 98.1 cm³/mol. The van der Waals surface area contributed by atoms with Gasteiger partial charge in [0, 0.05) is 18.3 Å². The first-order valence-corrected chi connectivity index (χ1v) is 8.06. The van der Waals surface area contributed by atoms with E-state index >= 15 is 0 Å². The van der Waals surface area contributed by atoms with Crippen molar-refractivity contribution in [1.82, 2.24) is 0 Å². The monoisotopic (exact) mass is 375 g/mol. The van der Waals surface area contributed by atoms with Crippen LogP contribution in [-0.4, -0.2) is 17.7 Å². The van der Waals surface area contributed by atoms with Crippen molar-refractivity contribution < 1.29 is 23.2 Å². The summed E-state index contributed by atoms with van der Waals surface area (Å²) < 4.78 is 27.4. The van der Waals surface area contributed by atoms with Crippen molar-refractivity contribution in [1.29, 1.82) is 0 Å². The third-order valence-corrected chi connectivity index (χ3v) is 3.78. The van der Waals surface area contributed by atoms with Crippen LogP contribution in [-0.2, 0) is 14.4 Å². The largest absolute Gasteiger partial charge is 0.326 e. The van der Waals surface area contributed by atoms with E-state index in [0.717, 1.165) is 12.1 Å². The average Bonchev–Trinajstić information content (AvgIpc) is 2.57. The fourth-order valence-corrected chi connectivity index (χ4v) is 2.16. The zero-order chi connectivity index (χ0) is 20.2. The first kappa shape index (κ1) is 20.0. The van der Waals surface area contributed by atoms with Crippen LogP contribution in [0.2, 0.25) is 0 Å². The van der Waals surface area contributed by atoms with Gasteiger partial charge in [0.1, 0.15) is 22.7 Å². The molecule has 142 valence electrons. The van der Waals surface area contributed by atoms with Crippen molar-refractivity contribution in [2.24, 2.45) is 5.41 Å². The number of benzene rings is 2. The Morgan fingerprint density at radius 3 is 1.85 bits per heavy atom. The van der Waals surface area contributed by atoms with Crippen LogP contribution in [0, 0.1) is 17.0 Å². The Kier molecular flexibility index (Phi) is 5.89. The fourth-order valence-electron chi connectivity index (χ4n) is 2.16. The van der Waals surface area contributed by atoms with E-state index < -0.39 is 34.6 Å². The summed E-state index contributed by atoms with van der Waals surface area (Å²) in [5.41, 5.74) is -1.42. The molecular weight excluding hydrogens is 356 g/mol. The van der Waals surface area contributed by atoms with Gasteiger partial charge in [-0.3, -0.25) is 14.4 Å². The second-order valence-corrected chi connectivity index (χ2v) is 6.39. The smallest absolute Gasteiger partial charge is 0.239 e. The van der Waals surface area contributed by atoms with Gasteiger partial charge in [-0.15, -0.1) is 0 Å². The lowest BCUT2D eigenvalue weighted by Gasteiger charge is -2.23. The zero-order valence-corrected chi connectivity index (χ0v) is 15.0. The van der Waals surface area contributed by atoms with Crippen LogP contribution < -0.4 is 16.0 Å². The number of para-hydroxylation sites is 1. The molecule has 3 N–H and O–H groups in total. The van der Waals surface area contributed by atoms with E-state index in [0.29, 0.717) is 11.4 Å². The minimum atomic E-state index is -1.63. The molecule has 0 aliphatic carbocycles. The molecule has 0 aromatic heterocycles. The Morgan fingerprint density at radius 1 is 0.815 bits per heavy atom. The molecule has 0 saturated carbocycles. The number of carbonyl (C=O) groups is 3. The van der Waals surface area contributed by atoms with Crippen LogP contribution in [0.5, 0.6) is 0 Å². The van der Waals surface area contributed by atoms with Gasteiger partial charge >= 0.3 is 0 Å². The molecule has 0 radical (unpaired) electrons. The molecule has 3 amide bonds. The van der Waals surface area contributed by atoms with Gasteiger partial charge in [-0.05, 0) is 44.2 Å². The summed E-state index contributed by atoms with van der Waals surface area (Å²) in [7, 11) is 0. The number of amides is 3. The lowest BCUT2D eigenvalue weighted by Crippen LogP contribution is -2.42. The predicted octanol–water partition coefficient (Wildman–Crippen LogP) is 3.53. The summed E-state index contributed by atoms with van der Waals surface area (Å²) in [5.74, 6) is -3.71. The van der Waals surface area contributed by atoms with Gasteiger partial charge in [0.15, 0.2) is 0 Å². The third-order valence-electron chi connectivity index (χ3n) is 3.78. The molecule has 2 aromatic carbocycles. The quantitative estimate of drug-likeness (QED) is 0.699. The molecule has 8 heteroatoms. The maximum Gasteiger partial charge on any atom is 0.239 e. The normalized spacial score (nSPS) is 10.9. The van der Waals surface area contributed by atoms with Gasteiger partial charge in [0.25, 0.3) is 0 Å². The molecule has 2 rings (SSSR count). The lowest BCUT2D eigenvalue weighted by molar-refractivity contribution is -0.135. The Labute approximate surface area is 155 Å². The lowest BCUT2D eigenvalue weighted by atomic mass is 9.90. The topological polar surface area (TPSA) is 87.3 Å². The van der Waals surface area contributed by atoms with Gasteiger partial charge in [0.05, 0.1) is 0 Å². The number of carbonyl (C=O) groups excluding carboxylic acids is 3. The van der Waals surface area contributed by atoms with Crippen LogP contribution in [0.15, 0.2) is 42.5 Å². The highest BCUT2D eigenvalue weighted by atomic mass is 19.1. The maximum absolute atomic E-state index is 13.7. The van der Waals surface area contributed by atoms with Crippen molar-refractivity contribution in [2.45, 2.75) is 20.8 Å². The van der Waals surface area contributed by atoms with Gasteiger partial charge in [-0.1, -0.05) is 12.1 Å². The van der Waals surface area contributed by atoms with E-state index in [-0.39, 0.29) is 5.91 Å². The summed E-state index contributed by atoms with van der Waals surface area (Å²) in [5, 5.41) is 7.24. The first-order valence-electron chi connectivity index (χ1n) is 8.06. The summed E-state index contributed by atoms with van der Waals surface area (Å²) >= 11 is 0. The van der Waals surface area contributed by atoms with E-state index in [1.807, 2.05) is 0 Å². The molecule has 2 aromatic rings. The van der Waals surface area contributed by atoms with Gasteiger partial charge < -0.3 is 16.0 Å². The molecule has 0 fully saturated rings. The third kappa shape index (κ3) is 4.87. The Morgan fingerprint density at radius 2 is 1.30 bits per heavy atom. The minimum absolute atomic E-state index is 0.273. The molecule has 0 aliphatic rings. The Balaban J connectivity index is 2.14. The highest BCUT2D eigenvalue weighted by molar-refractivity contribution is 6.14. The summed E-state index contributed by atoms with van der Waals surface area (Å²) in [6.07, 6.45) is 0. The molecule has 0 unspecified atom stereocenters. The number of nitrogens with one attached hydrogen (secondary N) is 3. The van der Waals surface area contributed by atoms with Gasteiger partial charge in [-0.2, -0.15) is 0 Å². The van der Waals surface area contributed by atoms with E-state index in [2.05, 4.69) is 16.0 Å². The standard InChI is InChI=1S/C19H19F2N3O3/c1-11(25)22-12-6-4-7-13(10-12)23-17(26)19(2,3)18(27)24-16-14(20)8-5-9-15(16)21/h4-10H,1-3H3,(H,22,25)(H,23,26)(H,24,27). The average molecular weight is 375 g/mol. The molecular formula is C19H19F2N3O3. The van der Waals surface area contributed by atoms with Crippen molar-refractivity contribution in [3.8, 4) is 0 Å². The number of hydrogen-bond acceptors (Lipinski definition) is 3. The van der Waals surface area contributed by atoms with E-state index in [4.69, 9.17) is 0 Å². The molecule has 0 heterocycles. The summed E-state index contributed by atoms with van der Waals surface area (Å²) in [4.78, 5) is 36.1. The van der Waals surface area contributed by atoms with E-state index in [1.54, 1.807) is 18.2 Å². The van der Waals surface area contributed by atoms with E-state index in [1.165, 1.54) is 32.9 Å². The SMILES string of the molecule is CC(=O)Nc1cccc(NC(=O)C(C)(C)C(=O)Nc2c(F)cccc2F)c1. The molecule has 0 aliphatic heterocycles. The Bertz CT molecular complexity index is 877. The van der Waals surface area contributed by atoms with Crippen LogP contribution in [0.1, 0.15) is 20.8 Å². The number of anilines is 3. The van der Waals surface area contributed by atoms with Crippen molar-refractivity contribution in [2.75, 3.05) is 16.0 Å². The number of rotatable bonds is 5. The minimum Gasteiger partial charge on any atom is -0.326 e. The van der Waals surface area contributed by atoms with Crippen molar-refractivity contribution in [3.05, 3.63) is 54.1 Å². The first-order chi connectivity index (χ1) is 12.6. The number of halogens is 2. The second-order valence-electron chi connectivity index (χ2n) is 6.39. The molecule has 0 saturated heterocycles. The molecule has 0 bridgehead atoms. The number of hydrogen-bond donors (Lipinski definition) is 3. The summed E-state index contributed by atoms with van der Waals surface area (Å²) in [6, 6.07) is 9.51. The molecule has 6 nitrogen and oxygen atoms in total. The molecule has 0 spiro atoms. The van der Waals surface area contributed by atoms with E-state index in [9.17, 15) is 23.2 Å². The molecule has 27 heavy (non-hydrogen) atoms. The van der Waals surface area contributed by atoms with Gasteiger partial charge in [-0.25, -0.2) is 8.78 Å². The zero-order valence-electron chi connectivity index (χ0n) is 15.0. The van der Waals surface area contributed by atoms with Crippen molar-refractivity contribution in [3.63, 3.8) is 0 Å². The second kappa shape index (κ2) is 7.94.